The molecule has 0 aliphatic heterocycles. The van der Waals surface area contributed by atoms with Gasteiger partial charge in [-0.15, -0.1) is 11.5 Å². The molecule has 96 valence electrons. The summed E-state index contributed by atoms with van der Waals surface area (Å²) in [6, 6.07) is 0. The van der Waals surface area contributed by atoms with E-state index < -0.39 is 0 Å². The highest BCUT2D eigenvalue weighted by Gasteiger charge is 2.27. The Labute approximate surface area is 106 Å². The molecule has 18 heavy (non-hydrogen) atoms. The first-order chi connectivity index (χ1) is 8.74. The highest BCUT2D eigenvalue weighted by molar-refractivity contribution is 5.92. The predicted octanol–water partition coefficient (Wildman–Crippen LogP) is -0.278. The number of rotatable bonds is 6. The first kappa shape index (κ1) is 12.6. The zero-order valence-electron chi connectivity index (χ0n) is 10.2. The number of carbonyl (C=O) groups excluding carboxylic acids is 1. The second kappa shape index (κ2) is 5.65. The van der Waals surface area contributed by atoms with E-state index in [4.69, 9.17) is 12.2 Å². The summed E-state index contributed by atoms with van der Waals surface area (Å²) in [5.41, 5.74) is 5.75. The third kappa shape index (κ3) is 3.08. The van der Waals surface area contributed by atoms with Crippen molar-refractivity contribution in [3.63, 3.8) is 0 Å². The molecule has 1 aliphatic carbocycles. The monoisotopic (exact) mass is 247 g/mol. The fourth-order valence-electron chi connectivity index (χ4n) is 1.74. The van der Waals surface area contributed by atoms with Crippen molar-refractivity contribution in [3.05, 3.63) is 11.9 Å². The molecule has 1 aromatic rings. The molecule has 1 aromatic heterocycles. The number of terminal acetylenes is 1. The summed E-state index contributed by atoms with van der Waals surface area (Å²) in [5, 5.41) is 7.71. The van der Waals surface area contributed by atoms with Crippen molar-refractivity contribution < 1.29 is 4.79 Å². The molecule has 0 saturated heterocycles. The van der Waals surface area contributed by atoms with E-state index in [1.165, 1.54) is 12.8 Å². The van der Waals surface area contributed by atoms with E-state index in [1.807, 2.05) is 0 Å². The number of hydrogen-bond acceptors (Lipinski definition) is 4. The Morgan fingerprint density at radius 3 is 3.06 bits per heavy atom. The molecule has 0 radical (unpaired) electrons. The van der Waals surface area contributed by atoms with E-state index >= 15 is 0 Å². The van der Waals surface area contributed by atoms with Crippen LogP contribution in [-0.4, -0.2) is 45.4 Å². The van der Waals surface area contributed by atoms with Crippen molar-refractivity contribution in [3.8, 4) is 12.3 Å². The van der Waals surface area contributed by atoms with E-state index in [2.05, 4.69) is 16.2 Å². The fraction of sp³-hybridized carbons (Fsp3) is 0.583. The molecule has 2 N–H and O–H groups in total. The van der Waals surface area contributed by atoms with Gasteiger partial charge in [-0.25, -0.2) is 0 Å². The maximum absolute atomic E-state index is 12.2. The molecule has 6 nitrogen and oxygen atoms in total. The summed E-state index contributed by atoms with van der Waals surface area (Å²) in [6.07, 6.45) is 9.26. The first-order valence-electron chi connectivity index (χ1n) is 6.07. The first-order valence-corrected chi connectivity index (χ1v) is 6.07. The highest BCUT2D eigenvalue weighted by Crippen LogP contribution is 2.29. The summed E-state index contributed by atoms with van der Waals surface area (Å²) in [7, 11) is 0. The number of nitrogens with two attached hydrogens (primary N) is 1. The van der Waals surface area contributed by atoms with Gasteiger partial charge >= 0.3 is 0 Å². The summed E-state index contributed by atoms with van der Waals surface area (Å²) in [4.78, 5) is 13.9. The molecule has 1 heterocycles. The van der Waals surface area contributed by atoms with Gasteiger partial charge in [0.2, 0.25) is 0 Å². The largest absolute Gasteiger partial charge is 0.329 e. The quantitative estimate of drug-likeness (QED) is 0.701. The van der Waals surface area contributed by atoms with Crippen molar-refractivity contribution in [2.45, 2.75) is 19.4 Å². The Kier molecular flexibility index (Phi) is 3.95. The van der Waals surface area contributed by atoms with Crippen LogP contribution in [0.2, 0.25) is 0 Å². The molecule has 6 heteroatoms. The minimum atomic E-state index is -0.150. The average molecular weight is 247 g/mol. The van der Waals surface area contributed by atoms with Gasteiger partial charge in [0.05, 0.1) is 19.3 Å². The molecular formula is C12H17N5O. The van der Waals surface area contributed by atoms with Crippen LogP contribution in [0.15, 0.2) is 6.20 Å². The zero-order chi connectivity index (χ0) is 13.0. The molecule has 2 rings (SSSR count). The second-order valence-electron chi connectivity index (χ2n) is 4.49. The third-order valence-electron chi connectivity index (χ3n) is 2.86. The Balaban J connectivity index is 2.03. The van der Waals surface area contributed by atoms with Crippen molar-refractivity contribution >= 4 is 5.91 Å². The van der Waals surface area contributed by atoms with Crippen LogP contribution in [0.5, 0.6) is 0 Å². The second-order valence-corrected chi connectivity index (χ2v) is 4.49. The van der Waals surface area contributed by atoms with Crippen LogP contribution in [-0.2, 0) is 6.54 Å². The van der Waals surface area contributed by atoms with Crippen LogP contribution in [0.25, 0.3) is 0 Å². The lowest BCUT2D eigenvalue weighted by Gasteiger charge is -2.18. The summed E-state index contributed by atoms with van der Waals surface area (Å²) >= 11 is 0. The van der Waals surface area contributed by atoms with Crippen molar-refractivity contribution in [1.82, 2.24) is 19.9 Å². The lowest BCUT2D eigenvalue weighted by molar-refractivity contribution is 0.0764. The molecule has 1 aliphatic rings. The number of hydrogen-bond donors (Lipinski definition) is 1. The molecule has 1 saturated carbocycles. The number of carbonyl (C=O) groups is 1. The molecule has 0 atom stereocenters. The van der Waals surface area contributed by atoms with Crippen LogP contribution in [0, 0.1) is 18.3 Å². The van der Waals surface area contributed by atoms with Crippen LogP contribution < -0.4 is 5.73 Å². The maximum Gasteiger partial charge on any atom is 0.276 e. The maximum atomic E-state index is 12.2. The van der Waals surface area contributed by atoms with Gasteiger partial charge in [0.1, 0.15) is 0 Å². The normalized spacial score (nSPS) is 14.2. The highest BCUT2D eigenvalue weighted by atomic mass is 16.2. The molecular weight excluding hydrogens is 230 g/mol. The lowest BCUT2D eigenvalue weighted by Crippen LogP contribution is -2.33. The fourth-order valence-corrected chi connectivity index (χ4v) is 1.74. The van der Waals surface area contributed by atoms with Crippen molar-refractivity contribution in [1.29, 1.82) is 0 Å². The van der Waals surface area contributed by atoms with E-state index in [1.54, 1.807) is 15.8 Å². The summed E-state index contributed by atoms with van der Waals surface area (Å²) < 4.78 is 1.57. The van der Waals surface area contributed by atoms with Crippen LogP contribution in [0.1, 0.15) is 23.3 Å². The molecule has 1 amide bonds. The SMILES string of the molecule is C#CCN(CC1CC1)C(=O)c1cn(CCN)nn1. The van der Waals surface area contributed by atoms with Crippen molar-refractivity contribution in [2.24, 2.45) is 11.7 Å². The van der Waals surface area contributed by atoms with E-state index in [9.17, 15) is 4.79 Å². The van der Waals surface area contributed by atoms with E-state index in [-0.39, 0.29) is 5.91 Å². The van der Waals surface area contributed by atoms with Gasteiger partial charge < -0.3 is 10.6 Å². The zero-order valence-corrected chi connectivity index (χ0v) is 10.2. The molecule has 0 bridgehead atoms. The molecule has 0 aromatic carbocycles. The number of nitrogens with zero attached hydrogens (tertiary/aromatic N) is 4. The third-order valence-corrected chi connectivity index (χ3v) is 2.86. The van der Waals surface area contributed by atoms with Gasteiger partial charge in [-0.1, -0.05) is 11.1 Å². The summed E-state index contributed by atoms with van der Waals surface area (Å²) in [5.74, 6) is 2.96. The topological polar surface area (TPSA) is 77.0 Å². The van der Waals surface area contributed by atoms with Gasteiger partial charge in [-0.05, 0) is 18.8 Å². The number of aromatic nitrogens is 3. The van der Waals surface area contributed by atoms with E-state index in [0.29, 0.717) is 37.8 Å². The van der Waals surface area contributed by atoms with Crippen LogP contribution in [0.3, 0.4) is 0 Å². The molecule has 0 spiro atoms. The van der Waals surface area contributed by atoms with Gasteiger partial charge in [-0.2, -0.15) is 0 Å². The Bertz CT molecular complexity index is 457. The summed E-state index contributed by atoms with van der Waals surface area (Å²) in [6.45, 7) is 2.05. The Hall–Kier alpha value is -1.87. The lowest BCUT2D eigenvalue weighted by atomic mass is 10.3. The average Bonchev–Trinajstić information content (AvgIpc) is 3.05. The van der Waals surface area contributed by atoms with E-state index in [0.717, 1.165) is 0 Å². The smallest absolute Gasteiger partial charge is 0.276 e. The van der Waals surface area contributed by atoms with Gasteiger partial charge in [-0.3, -0.25) is 9.48 Å². The molecule has 0 unspecified atom stereocenters. The predicted molar refractivity (Wildman–Crippen MR) is 66.5 cm³/mol. The van der Waals surface area contributed by atoms with Gasteiger partial charge in [0.25, 0.3) is 5.91 Å². The minimum Gasteiger partial charge on any atom is -0.329 e. The van der Waals surface area contributed by atoms with Gasteiger partial charge in [0.15, 0.2) is 5.69 Å². The van der Waals surface area contributed by atoms with Crippen LogP contribution in [0.4, 0.5) is 0 Å². The minimum absolute atomic E-state index is 0.150. The Morgan fingerprint density at radius 2 is 2.44 bits per heavy atom. The standard InChI is InChI=1S/C12H17N5O/c1-2-6-16(8-10-3-4-10)12(18)11-9-17(7-5-13)15-14-11/h1,9-10H,3-8,13H2. The molecule has 1 fully saturated rings. The van der Waals surface area contributed by atoms with Gasteiger partial charge in [0, 0.05) is 13.1 Å². The Morgan fingerprint density at radius 1 is 1.67 bits per heavy atom. The van der Waals surface area contributed by atoms with Crippen LogP contribution >= 0.6 is 0 Å². The van der Waals surface area contributed by atoms with Crippen molar-refractivity contribution in [2.75, 3.05) is 19.6 Å². The number of amides is 1.